The van der Waals surface area contributed by atoms with E-state index in [1.165, 1.54) is 6.07 Å². The largest absolute Gasteiger partial charge is 0.310 e. The van der Waals surface area contributed by atoms with E-state index in [9.17, 15) is 9.18 Å². The van der Waals surface area contributed by atoms with Crippen molar-refractivity contribution in [1.82, 2.24) is 9.97 Å². The van der Waals surface area contributed by atoms with Crippen molar-refractivity contribution in [3.8, 4) is 0 Å². The van der Waals surface area contributed by atoms with Gasteiger partial charge in [-0.25, -0.2) is 14.4 Å². The highest BCUT2D eigenvalue weighted by atomic mass is 19.1. The van der Waals surface area contributed by atoms with Gasteiger partial charge < -0.3 is 5.32 Å². The molecule has 0 fully saturated rings. The van der Waals surface area contributed by atoms with Gasteiger partial charge in [-0.05, 0) is 49.2 Å². The number of nitrogens with one attached hydrogen (secondary N) is 1. The maximum Gasteiger partial charge on any atom is 0.230 e. The smallest absolute Gasteiger partial charge is 0.230 e. The van der Waals surface area contributed by atoms with E-state index in [1.54, 1.807) is 24.3 Å². The van der Waals surface area contributed by atoms with Crippen molar-refractivity contribution >= 4 is 22.8 Å². The van der Waals surface area contributed by atoms with Gasteiger partial charge in [-0.3, -0.25) is 4.79 Å². The van der Waals surface area contributed by atoms with Crippen LogP contribution in [0.1, 0.15) is 16.8 Å². The lowest BCUT2D eigenvalue weighted by Crippen LogP contribution is -2.16. The average Bonchev–Trinajstić information content (AvgIpc) is 2.49. The SMILES string of the molecule is Cc1cc(C)c2ccc(NC(=O)Cc3ccccc3F)nc2n1. The van der Waals surface area contributed by atoms with E-state index < -0.39 is 0 Å². The summed E-state index contributed by atoms with van der Waals surface area (Å²) in [6, 6.07) is 11.8. The Morgan fingerprint density at radius 2 is 1.91 bits per heavy atom. The molecule has 0 unspecified atom stereocenters. The van der Waals surface area contributed by atoms with E-state index in [-0.39, 0.29) is 18.1 Å². The fraction of sp³-hybridized carbons (Fsp3) is 0.167. The van der Waals surface area contributed by atoms with Crippen molar-refractivity contribution in [3.05, 3.63) is 65.1 Å². The number of carbonyl (C=O) groups is 1. The van der Waals surface area contributed by atoms with Gasteiger partial charge in [-0.15, -0.1) is 0 Å². The summed E-state index contributed by atoms with van der Waals surface area (Å²) in [5.74, 6) is -0.287. The summed E-state index contributed by atoms with van der Waals surface area (Å²) in [6.07, 6.45) is -0.0351. The van der Waals surface area contributed by atoms with Crippen LogP contribution in [0.4, 0.5) is 10.2 Å². The number of benzene rings is 1. The van der Waals surface area contributed by atoms with Crippen molar-refractivity contribution in [2.24, 2.45) is 0 Å². The van der Waals surface area contributed by atoms with Gasteiger partial charge in [0.1, 0.15) is 11.6 Å². The van der Waals surface area contributed by atoms with Crippen LogP contribution in [0.2, 0.25) is 0 Å². The first-order valence-electron chi connectivity index (χ1n) is 7.31. The second-order valence-electron chi connectivity index (χ2n) is 5.46. The molecule has 3 rings (SSSR count). The summed E-state index contributed by atoms with van der Waals surface area (Å²) in [4.78, 5) is 20.8. The van der Waals surface area contributed by atoms with Crippen LogP contribution < -0.4 is 5.32 Å². The second kappa shape index (κ2) is 6.12. The highest BCUT2D eigenvalue weighted by molar-refractivity contribution is 5.92. The first-order valence-corrected chi connectivity index (χ1v) is 7.31. The number of carbonyl (C=O) groups excluding carboxylic acids is 1. The molecule has 0 aliphatic rings. The maximum atomic E-state index is 13.6. The predicted molar refractivity (Wildman–Crippen MR) is 87.7 cm³/mol. The minimum Gasteiger partial charge on any atom is -0.310 e. The minimum atomic E-state index is -0.387. The van der Waals surface area contributed by atoms with Gasteiger partial charge in [-0.2, -0.15) is 0 Å². The fourth-order valence-corrected chi connectivity index (χ4v) is 2.50. The summed E-state index contributed by atoms with van der Waals surface area (Å²) < 4.78 is 13.6. The van der Waals surface area contributed by atoms with Gasteiger partial charge in [0.15, 0.2) is 5.65 Å². The number of hydrogen-bond acceptors (Lipinski definition) is 3. The number of fused-ring (bicyclic) bond motifs is 1. The van der Waals surface area contributed by atoms with E-state index >= 15 is 0 Å². The Kier molecular flexibility index (Phi) is 4.02. The van der Waals surface area contributed by atoms with Crippen LogP contribution in [0.25, 0.3) is 11.0 Å². The molecule has 1 aromatic carbocycles. The molecule has 3 aromatic rings. The number of aryl methyl sites for hydroxylation is 2. The Hall–Kier alpha value is -2.82. The Morgan fingerprint density at radius 3 is 2.70 bits per heavy atom. The van der Waals surface area contributed by atoms with Crippen LogP contribution >= 0.6 is 0 Å². The molecule has 23 heavy (non-hydrogen) atoms. The zero-order valence-corrected chi connectivity index (χ0v) is 12.9. The Bertz CT molecular complexity index is 893. The van der Waals surface area contributed by atoms with Crippen LogP contribution in [0.15, 0.2) is 42.5 Å². The van der Waals surface area contributed by atoms with E-state index in [1.807, 2.05) is 26.0 Å². The van der Waals surface area contributed by atoms with Crippen LogP contribution in [0, 0.1) is 19.7 Å². The van der Waals surface area contributed by atoms with Crippen molar-refractivity contribution in [3.63, 3.8) is 0 Å². The monoisotopic (exact) mass is 309 g/mol. The molecule has 1 N–H and O–H groups in total. The first kappa shape index (κ1) is 15.1. The van der Waals surface area contributed by atoms with Crippen molar-refractivity contribution in [2.45, 2.75) is 20.3 Å². The highest BCUT2D eigenvalue weighted by Gasteiger charge is 2.10. The normalized spacial score (nSPS) is 10.7. The summed E-state index contributed by atoms with van der Waals surface area (Å²) in [6.45, 7) is 3.90. The molecule has 4 nitrogen and oxygen atoms in total. The van der Waals surface area contributed by atoms with Gasteiger partial charge in [0.2, 0.25) is 5.91 Å². The second-order valence-corrected chi connectivity index (χ2v) is 5.46. The van der Waals surface area contributed by atoms with E-state index in [2.05, 4.69) is 15.3 Å². The average molecular weight is 309 g/mol. The third kappa shape index (κ3) is 3.34. The molecule has 0 bridgehead atoms. The van der Waals surface area contributed by atoms with E-state index in [4.69, 9.17) is 0 Å². The van der Waals surface area contributed by atoms with Crippen LogP contribution in [0.3, 0.4) is 0 Å². The minimum absolute atomic E-state index is 0.0351. The highest BCUT2D eigenvalue weighted by Crippen LogP contribution is 2.18. The zero-order valence-electron chi connectivity index (χ0n) is 12.9. The van der Waals surface area contributed by atoms with Gasteiger partial charge >= 0.3 is 0 Å². The van der Waals surface area contributed by atoms with E-state index in [0.29, 0.717) is 17.0 Å². The van der Waals surface area contributed by atoms with Gasteiger partial charge in [0, 0.05) is 11.1 Å². The molecule has 0 radical (unpaired) electrons. The number of anilines is 1. The molecule has 0 atom stereocenters. The topological polar surface area (TPSA) is 54.9 Å². The summed E-state index contributed by atoms with van der Waals surface area (Å²) in [5.41, 5.74) is 2.91. The van der Waals surface area contributed by atoms with Crippen LogP contribution in [-0.4, -0.2) is 15.9 Å². The Balaban J connectivity index is 1.81. The standard InChI is InChI=1S/C18H16FN3O/c1-11-9-12(2)20-18-14(11)7-8-16(22-18)21-17(23)10-13-5-3-4-6-15(13)19/h3-9H,10H2,1-2H3,(H,20,21,22,23). The van der Waals surface area contributed by atoms with Crippen molar-refractivity contribution < 1.29 is 9.18 Å². The van der Waals surface area contributed by atoms with Gasteiger partial charge in [0.05, 0.1) is 6.42 Å². The van der Waals surface area contributed by atoms with E-state index in [0.717, 1.165) is 16.6 Å². The molecular formula is C18H16FN3O. The molecule has 0 spiro atoms. The number of pyridine rings is 2. The third-order valence-electron chi connectivity index (χ3n) is 3.58. The molecule has 0 aliphatic heterocycles. The molecule has 5 heteroatoms. The first-order chi connectivity index (χ1) is 11.0. The Labute approximate surface area is 133 Å². The molecule has 0 saturated heterocycles. The number of aromatic nitrogens is 2. The lowest BCUT2D eigenvalue weighted by Gasteiger charge is -2.08. The molecule has 1 amide bonds. The number of nitrogens with zero attached hydrogens (tertiary/aromatic N) is 2. The summed E-state index contributed by atoms with van der Waals surface area (Å²) >= 11 is 0. The number of rotatable bonds is 3. The van der Waals surface area contributed by atoms with Gasteiger partial charge in [0.25, 0.3) is 0 Å². The summed E-state index contributed by atoms with van der Waals surface area (Å²) in [5, 5.41) is 3.64. The Morgan fingerprint density at radius 1 is 1.13 bits per heavy atom. The van der Waals surface area contributed by atoms with Gasteiger partial charge in [-0.1, -0.05) is 18.2 Å². The third-order valence-corrected chi connectivity index (χ3v) is 3.58. The lowest BCUT2D eigenvalue weighted by atomic mass is 10.1. The predicted octanol–water partition coefficient (Wildman–Crippen LogP) is 3.57. The van der Waals surface area contributed by atoms with Crippen molar-refractivity contribution in [1.29, 1.82) is 0 Å². The quantitative estimate of drug-likeness (QED) is 0.804. The van der Waals surface area contributed by atoms with Crippen molar-refractivity contribution in [2.75, 3.05) is 5.32 Å². The number of amides is 1. The van der Waals surface area contributed by atoms with Crippen LogP contribution in [0.5, 0.6) is 0 Å². The lowest BCUT2D eigenvalue weighted by molar-refractivity contribution is -0.115. The molecule has 0 aliphatic carbocycles. The molecule has 0 saturated carbocycles. The molecule has 116 valence electrons. The molecule has 2 aromatic heterocycles. The fourth-order valence-electron chi connectivity index (χ4n) is 2.50. The molecular weight excluding hydrogens is 293 g/mol. The summed E-state index contributed by atoms with van der Waals surface area (Å²) in [7, 11) is 0. The number of hydrogen-bond donors (Lipinski definition) is 1. The number of halogens is 1. The van der Waals surface area contributed by atoms with Crippen LogP contribution in [-0.2, 0) is 11.2 Å². The maximum absolute atomic E-state index is 13.6. The molecule has 2 heterocycles. The zero-order chi connectivity index (χ0) is 16.4.